The summed E-state index contributed by atoms with van der Waals surface area (Å²) in [6, 6.07) is 12.7. The molecule has 0 fully saturated rings. The van der Waals surface area contributed by atoms with Crippen molar-refractivity contribution >= 4 is 27.5 Å². The number of ether oxygens (including phenoxy) is 2. The number of hydrogen-bond donors (Lipinski definition) is 1. The van der Waals surface area contributed by atoms with Crippen molar-refractivity contribution < 1.29 is 14.3 Å². The lowest BCUT2D eigenvalue weighted by Crippen LogP contribution is -2.14. The first-order chi connectivity index (χ1) is 12.0. The second-order valence-electron chi connectivity index (χ2n) is 5.72. The molecule has 132 valence electrons. The minimum absolute atomic E-state index is 0.232. The van der Waals surface area contributed by atoms with E-state index in [9.17, 15) is 4.79 Å². The van der Waals surface area contributed by atoms with Crippen LogP contribution >= 0.6 is 15.9 Å². The lowest BCUT2D eigenvalue weighted by molar-refractivity contribution is 0.102. The zero-order valence-electron chi connectivity index (χ0n) is 14.5. The summed E-state index contributed by atoms with van der Waals surface area (Å²) >= 11 is 3.40. The van der Waals surface area contributed by atoms with Gasteiger partial charge >= 0.3 is 0 Å². The van der Waals surface area contributed by atoms with Crippen molar-refractivity contribution in [2.45, 2.75) is 20.3 Å². The van der Waals surface area contributed by atoms with E-state index in [1.807, 2.05) is 38.1 Å². The molecule has 2 rings (SSSR count). The van der Waals surface area contributed by atoms with Gasteiger partial charge in [0.15, 0.2) is 0 Å². The molecule has 0 aromatic heterocycles. The van der Waals surface area contributed by atoms with Crippen LogP contribution in [0.25, 0.3) is 0 Å². The van der Waals surface area contributed by atoms with Crippen molar-refractivity contribution in [3.8, 4) is 11.5 Å². The first kappa shape index (κ1) is 19.1. The highest BCUT2D eigenvalue weighted by Gasteiger charge is 2.14. The molecule has 2 aromatic rings. The minimum atomic E-state index is -0.232. The first-order valence-corrected chi connectivity index (χ1v) is 8.90. The van der Waals surface area contributed by atoms with Crippen LogP contribution in [0.4, 0.5) is 5.69 Å². The minimum Gasteiger partial charge on any atom is -0.493 e. The molecule has 0 radical (unpaired) electrons. The Morgan fingerprint density at radius 3 is 2.72 bits per heavy atom. The number of halogens is 1. The molecule has 0 unspecified atom stereocenters. The van der Waals surface area contributed by atoms with Crippen LogP contribution in [0.15, 0.2) is 59.1 Å². The van der Waals surface area contributed by atoms with Gasteiger partial charge in [-0.3, -0.25) is 4.79 Å². The standard InChI is InChI=1S/C20H22BrNO3/c1-4-10-24-19-9-8-15(21)11-18(19)20(23)22-16-6-5-7-17(12-16)25-13-14(2)3/h5-9,11-12H,2,4,10,13H2,1,3H3,(H,22,23). The SMILES string of the molecule is C=C(C)COc1cccc(NC(=O)c2cc(Br)ccc2OCCC)c1. The molecule has 0 spiro atoms. The molecule has 5 heteroatoms. The Labute approximate surface area is 157 Å². The number of carbonyl (C=O) groups excluding carboxylic acids is 1. The van der Waals surface area contributed by atoms with E-state index in [4.69, 9.17) is 9.47 Å². The van der Waals surface area contributed by atoms with Crippen LogP contribution in [0.2, 0.25) is 0 Å². The topological polar surface area (TPSA) is 47.6 Å². The van der Waals surface area contributed by atoms with Crippen molar-refractivity contribution in [2.24, 2.45) is 0 Å². The number of hydrogen-bond acceptors (Lipinski definition) is 3. The van der Waals surface area contributed by atoms with Crippen molar-refractivity contribution in [3.05, 3.63) is 64.7 Å². The van der Waals surface area contributed by atoms with E-state index in [1.165, 1.54) is 0 Å². The summed E-state index contributed by atoms with van der Waals surface area (Å²) in [4.78, 5) is 12.7. The van der Waals surface area contributed by atoms with Gasteiger partial charge in [0.1, 0.15) is 18.1 Å². The average molecular weight is 404 g/mol. The second-order valence-corrected chi connectivity index (χ2v) is 6.63. The molecule has 0 bridgehead atoms. The van der Waals surface area contributed by atoms with Gasteiger partial charge in [-0.15, -0.1) is 0 Å². The van der Waals surface area contributed by atoms with Crippen LogP contribution in [0, 0.1) is 0 Å². The molecule has 0 saturated heterocycles. The van der Waals surface area contributed by atoms with Crippen molar-refractivity contribution in [1.82, 2.24) is 0 Å². The lowest BCUT2D eigenvalue weighted by atomic mass is 10.1. The third-order valence-corrected chi connectivity index (χ3v) is 3.72. The van der Waals surface area contributed by atoms with Crippen LogP contribution in [0.3, 0.4) is 0 Å². The Morgan fingerprint density at radius 1 is 1.20 bits per heavy atom. The predicted molar refractivity (Wildman–Crippen MR) is 105 cm³/mol. The molecule has 0 aliphatic carbocycles. The molecule has 0 heterocycles. The van der Waals surface area contributed by atoms with Gasteiger partial charge in [-0.2, -0.15) is 0 Å². The number of benzene rings is 2. The van der Waals surface area contributed by atoms with Crippen LogP contribution in [-0.4, -0.2) is 19.1 Å². The Hall–Kier alpha value is -2.27. The Bertz CT molecular complexity index is 758. The van der Waals surface area contributed by atoms with E-state index < -0.39 is 0 Å². The highest BCUT2D eigenvalue weighted by molar-refractivity contribution is 9.10. The van der Waals surface area contributed by atoms with Gasteiger partial charge in [0.25, 0.3) is 5.91 Å². The summed E-state index contributed by atoms with van der Waals surface area (Å²) in [5.41, 5.74) is 2.07. The molecule has 0 aliphatic heterocycles. The normalized spacial score (nSPS) is 10.2. The maximum Gasteiger partial charge on any atom is 0.259 e. The molecule has 2 aromatic carbocycles. The molecular weight excluding hydrogens is 382 g/mol. The zero-order chi connectivity index (χ0) is 18.2. The van der Waals surface area contributed by atoms with Crippen molar-refractivity contribution in [2.75, 3.05) is 18.5 Å². The van der Waals surface area contributed by atoms with Gasteiger partial charge in [0.05, 0.1) is 12.2 Å². The number of nitrogens with one attached hydrogen (secondary N) is 1. The highest BCUT2D eigenvalue weighted by atomic mass is 79.9. The molecule has 1 amide bonds. The maximum absolute atomic E-state index is 12.7. The molecular formula is C20H22BrNO3. The van der Waals surface area contributed by atoms with E-state index in [0.29, 0.717) is 36.0 Å². The largest absolute Gasteiger partial charge is 0.493 e. The maximum atomic E-state index is 12.7. The summed E-state index contributed by atoms with van der Waals surface area (Å²) in [7, 11) is 0. The average Bonchev–Trinajstić information content (AvgIpc) is 2.59. The van der Waals surface area contributed by atoms with Crippen molar-refractivity contribution in [1.29, 1.82) is 0 Å². The number of amides is 1. The molecule has 25 heavy (non-hydrogen) atoms. The van der Waals surface area contributed by atoms with E-state index in [0.717, 1.165) is 16.5 Å². The first-order valence-electron chi connectivity index (χ1n) is 8.10. The smallest absolute Gasteiger partial charge is 0.259 e. The van der Waals surface area contributed by atoms with Crippen molar-refractivity contribution in [3.63, 3.8) is 0 Å². The fourth-order valence-electron chi connectivity index (χ4n) is 2.09. The fraction of sp³-hybridized carbons (Fsp3) is 0.250. The molecule has 1 N–H and O–H groups in total. The Morgan fingerprint density at radius 2 is 2.00 bits per heavy atom. The summed E-state index contributed by atoms with van der Waals surface area (Å²) in [5.74, 6) is 1.01. The van der Waals surface area contributed by atoms with Gasteiger partial charge in [-0.05, 0) is 49.2 Å². The predicted octanol–water partition coefficient (Wildman–Crippen LogP) is 5.45. The fourth-order valence-corrected chi connectivity index (χ4v) is 2.45. The lowest BCUT2D eigenvalue weighted by Gasteiger charge is -2.13. The van der Waals surface area contributed by atoms with Crippen LogP contribution < -0.4 is 14.8 Å². The quantitative estimate of drug-likeness (QED) is 0.596. The number of carbonyl (C=O) groups is 1. The van der Waals surface area contributed by atoms with E-state index in [-0.39, 0.29) is 5.91 Å². The molecule has 4 nitrogen and oxygen atoms in total. The van der Waals surface area contributed by atoms with Gasteiger partial charge in [0, 0.05) is 16.2 Å². The van der Waals surface area contributed by atoms with E-state index >= 15 is 0 Å². The Balaban J connectivity index is 2.15. The third-order valence-electron chi connectivity index (χ3n) is 3.23. The van der Waals surface area contributed by atoms with Crippen LogP contribution in [-0.2, 0) is 0 Å². The zero-order valence-corrected chi connectivity index (χ0v) is 16.1. The molecule has 0 saturated carbocycles. The third kappa shape index (κ3) is 5.94. The Kier molecular flexibility index (Phi) is 7.07. The summed E-state index contributed by atoms with van der Waals surface area (Å²) in [6.45, 7) is 8.74. The van der Waals surface area contributed by atoms with Gasteiger partial charge in [-0.1, -0.05) is 35.5 Å². The van der Waals surface area contributed by atoms with E-state index in [1.54, 1.807) is 18.2 Å². The molecule has 0 atom stereocenters. The van der Waals surface area contributed by atoms with E-state index in [2.05, 4.69) is 27.8 Å². The summed E-state index contributed by atoms with van der Waals surface area (Å²) in [6.07, 6.45) is 0.874. The van der Waals surface area contributed by atoms with Crippen LogP contribution in [0.5, 0.6) is 11.5 Å². The number of rotatable bonds is 8. The monoisotopic (exact) mass is 403 g/mol. The highest BCUT2D eigenvalue weighted by Crippen LogP contribution is 2.25. The number of anilines is 1. The summed E-state index contributed by atoms with van der Waals surface area (Å²) < 4.78 is 12.1. The van der Waals surface area contributed by atoms with Gasteiger partial charge in [0.2, 0.25) is 0 Å². The van der Waals surface area contributed by atoms with Gasteiger partial charge < -0.3 is 14.8 Å². The van der Waals surface area contributed by atoms with Gasteiger partial charge in [-0.25, -0.2) is 0 Å². The second kappa shape index (κ2) is 9.28. The van der Waals surface area contributed by atoms with Crippen LogP contribution in [0.1, 0.15) is 30.6 Å². The molecule has 0 aliphatic rings. The summed E-state index contributed by atoms with van der Waals surface area (Å²) in [5, 5.41) is 2.89.